The zero-order chi connectivity index (χ0) is 18.0. The molecule has 1 aromatic carbocycles. The summed E-state index contributed by atoms with van der Waals surface area (Å²) >= 11 is 6.24. The zero-order valence-electron chi connectivity index (χ0n) is 14.0. The summed E-state index contributed by atoms with van der Waals surface area (Å²) in [5.41, 5.74) is 3.25. The molecule has 3 N–H and O–H groups in total. The van der Waals surface area contributed by atoms with Gasteiger partial charge in [0, 0.05) is 18.2 Å². The number of carboxylic acid groups (broad SMARTS) is 1. The number of rotatable bonds is 5. The van der Waals surface area contributed by atoms with Crippen molar-refractivity contribution in [3.8, 4) is 11.1 Å². The van der Waals surface area contributed by atoms with Gasteiger partial charge in [0.2, 0.25) is 0 Å². The first-order valence-electron chi connectivity index (χ1n) is 8.01. The van der Waals surface area contributed by atoms with Crippen molar-refractivity contribution in [2.45, 2.75) is 25.7 Å². The van der Waals surface area contributed by atoms with E-state index in [1.807, 2.05) is 31.2 Å². The van der Waals surface area contributed by atoms with Gasteiger partial charge < -0.3 is 10.4 Å². The smallest absolute Gasteiger partial charge is 0.404 e. The number of nitrogens with zero attached hydrogens (tertiary/aromatic N) is 2. The predicted octanol–water partition coefficient (Wildman–Crippen LogP) is 4.21. The van der Waals surface area contributed by atoms with E-state index in [-0.39, 0.29) is 5.41 Å². The molecule has 3 aromatic rings. The lowest BCUT2D eigenvalue weighted by Gasteiger charge is -2.29. The lowest BCUT2D eigenvalue weighted by molar-refractivity contribution is 0.191. The van der Waals surface area contributed by atoms with Gasteiger partial charge in [-0.2, -0.15) is 5.10 Å². The quantitative estimate of drug-likeness (QED) is 0.637. The van der Waals surface area contributed by atoms with Gasteiger partial charge in [-0.15, -0.1) is 0 Å². The third-order valence-electron chi connectivity index (χ3n) is 4.69. The molecule has 2 heterocycles. The highest BCUT2D eigenvalue weighted by Crippen LogP contribution is 2.34. The fraction of sp³-hybridized carbons (Fsp3) is 0.278. The molecule has 0 saturated heterocycles. The SMILES string of the molecule is CCC(C)(CNC(=O)O)c1cccc(-c2ccnc3n[nH]c(Cl)c23)c1. The Balaban J connectivity index is 2.06. The fourth-order valence-electron chi connectivity index (χ4n) is 2.91. The molecule has 0 aliphatic rings. The number of amides is 1. The summed E-state index contributed by atoms with van der Waals surface area (Å²) in [7, 11) is 0. The van der Waals surface area contributed by atoms with E-state index < -0.39 is 6.09 Å². The van der Waals surface area contributed by atoms with Crippen molar-refractivity contribution < 1.29 is 9.90 Å². The van der Waals surface area contributed by atoms with E-state index in [2.05, 4.69) is 33.5 Å². The minimum Gasteiger partial charge on any atom is -0.465 e. The van der Waals surface area contributed by atoms with Gasteiger partial charge in [0.15, 0.2) is 5.65 Å². The summed E-state index contributed by atoms with van der Waals surface area (Å²) in [6.07, 6.45) is 1.48. The van der Waals surface area contributed by atoms with E-state index in [9.17, 15) is 4.79 Å². The Kier molecular flexibility index (Phi) is 4.63. The van der Waals surface area contributed by atoms with E-state index in [4.69, 9.17) is 16.7 Å². The van der Waals surface area contributed by atoms with Crippen molar-refractivity contribution >= 4 is 28.7 Å². The Morgan fingerprint density at radius 2 is 2.20 bits per heavy atom. The van der Waals surface area contributed by atoms with E-state index in [0.717, 1.165) is 28.5 Å². The molecule has 7 heteroatoms. The molecule has 25 heavy (non-hydrogen) atoms. The third kappa shape index (κ3) is 3.30. The molecule has 2 aromatic heterocycles. The monoisotopic (exact) mass is 358 g/mol. The summed E-state index contributed by atoms with van der Waals surface area (Å²) in [6.45, 7) is 4.45. The van der Waals surface area contributed by atoms with E-state index >= 15 is 0 Å². The molecular weight excluding hydrogens is 340 g/mol. The average molecular weight is 359 g/mol. The standard InChI is InChI=1S/C18H19ClN4O2/c1-3-18(2,10-21-17(24)25)12-6-4-5-11(9-12)13-7-8-20-16-14(13)15(19)22-23-16/h4-9,21H,3,10H2,1-2H3,(H,24,25)(H,20,22,23). The van der Waals surface area contributed by atoms with Gasteiger partial charge in [0.05, 0.1) is 5.39 Å². The Bertz CT molecular complexity index is 924. The minimum absolute atomic E-state index is 0.305. The van der Waals surface area contributed by atoms with Crippen LogP contribution in [0.4, 0.5) is 4.79 Å². The van der Waals surface area contributed by atoms with Gasteiger partial charge in [-0.25, -0.2) is 9.78 Å². The van der Waals surface area contributed by atoms with Crippen molar-refractivity contribution in [1.82, 2.24) is 20.5 Å². The van der Waals surface area contributed by atoms with E-state index in [1.54, 1.807) is 6.20 Å². The van der Waals surface area contributed by atoms with Crippen LogP contribution in [-0.2, 0) is 5.41 Å². The first kappa shape index (κ1) is 17.2. The lowest BCUT2D eigenvalue weighted by atomic mass is 9.79. The van der Waals surface area contributed by atoms with Crippen LogP contribution in [0.1, 0.15) is 25.8 Å². The van der Waals surface area contributed by atoms with Crippen LogP contribution >= 0.6 is 11.6 Å². The molecule has 0 aliphatic carbocycles. The van der Waals surface area contributed by atoms with Crippen molar-refractivity contribution in [2.75, 3.05) is 6.54 Å². The average Bonchev–Trinajstić information content (AvgIpc) is 3.01. The number of benzene rings is 1. The van der Waals surface area contributed by atoms with Crippen LogP contribution < -0.4 is 5.32 Å². The number of fused-ring (bicyclic) bond motifs is 1. The molecule has 0 spiro atoms. The maximum Gasteiger partial charge on any atom is 0.404 e. The Morgan fingerprint density at radius 3 is 2.92 bits per heavy atom. The predicted molar refractivity (Wildman–Crippen MR) is 98.0 cm³/mol. The summed E-state index contributed by atoms with van der Waals surface area (Å²) in [5.74, 6) is 0. The zero-order valence-corrected chi connectivity index (χ0v) is 14.8. The minimum atomic E-state index is -1.02. The third-order valence-corrected chi connectivity index (χ3v) is 4.96. The molecule has 130 valence electrons. The highest BCUT2D eigenvalue weighted by atomic mass is 35.5. The molecule has 0 saturated carbocycles. The number of nitrogens with one attached hydrogen (secondary N) is 2. The Labute approximate surface area is 150 Å². The molecular formula is C18H19ClN4O2. The topological polar surface area (TPSA) is 90.9 Å². The van der Waals surface area contributed by atoms with E-state index in [0.29, 0.717) is 17.3 Å². The first-order chi connectivity index (χ1) is 11.9. The highest BCUT2D eigenvalue weighted by molar-refractivity contribution is 6.35. The number of hydrogen-bond donors (Lipinski definition) is 3. The van der Waals surface area contributed by atoms with Crippen LogP contribution in [0.15, 0.2) is 36.5 Å². The maximum atomic E-state index is 10.9. The normalized spacial score (nSPS) is 13.6. The molecule has 3 rings (SSSR count). The van der Waals surface area contributed by atoms with Crippen LogP contribution in [0, 0.1) is 0 Å². The van der Waals surface area contributed by atoms with Gasteiger partial charge in [-0.05, 0) is 29.2 Å². The summed E-state index contributed by atoms with van der Waals surface area (Å²) < 4.78 is 0. The Hall–Kier alpha value is -2.60. The van der Waals surface area contributed by atoms with Gasteiger partial charge >= 0.3 is 6.09 Å². The fourth-order valence-corrected chi connectivity index (χ4v) is 3.14. The molecule has 1 amide bonds. The first-order valence-corrected chi connectivity index (χ1v) is 8.38. The van der Waals surface area contributed by atoms with Crippen molar-refractivity contribution in [2.24, 2.45) is 0 Å². The number of aromatic amines is 1. The van der Waals surface area contributed by atoms with Crippen LogP contribution in [-0.4, -0.2) is 32.9 Å². The van der Waals surface area contributed by atoms with Gasteiger partial charge in [0.1, 0.15) is 5.15 Å². The number of hydrogen-bond acceptors (Lipinski definition) is 3. The van der Waals surface area contributed by atoms with Crippen LogP contribution in [0.25, 0.3) is 22.2 Å². The second-order valence-corrected chi connectivity index (χ2v) is 6.63. The molecule has 0 aliphatic heterocycles. The van der Waals surface area contributed by atoms with Gasteiger partial charge in [0.25, 0.3) is 0 Å². The number of carbonyl (C=O) groups is 1. The van der Waals surface area contributed by atoms with E-state index in [1.165, 1.54) is 0 Å². The number of pyridine rings is 1. The highest BCUT2D eigenvalue weighted by Gasteiger charge is 2.26. The van der Waals surface area contributed by atoms with Crippen molar-refractivity contribution in [1.29, 1.82) is 0 Å². The molecule has 1 unspecified atom stereocenters. The van der Waals surface area contributed by atoms with Crippen LogP contribution in [0.2, 0.25) is 5.15 Å². The number of H-pyrrole nitrogens is 1. The molecule has 1 atom stereocenters. The van der Waals surface area contributed by atoms with Crippen LogP contribution in [0.3, 0.4) is 0 Å². The van der Waals surface area contributed by atoms with Crippen molar-refractivity contribution in [3.05, 3.63) is 47.2 Å². The summed E-state index contributed by atoms with van der Waals surface area (Å²) in [6, 6.07) is 9.97. The molecule has 0 bridgehead atoms. The Morgan fingerprint density at radius 1 is 1.40 bits per heavy atom. The summed E-state index contributed by atoms with van der Waals surface area (Å²) in [5, 5.41) is 19.5. The molecule has 0 radical (unpaired) electrons. The largest absolute Gasteiger partial charge is 0.465 e. The maximum absolute atomic E-state index is 10.9. The second-order valence-electron chi connectivity index (χ2n) is 6.25. The summed E-state index contributed by atoms with van der Waals surface area (Å²) in [4.78, 5) is 15.1. The second kappa shape index (κ2) is 6.72. The number of aromatic nitrogens is 3. The molecule has 6 nitrogen and oxygen atoms in total. The van der Waals surface area contributed by atoms with Crippen LogP contribution in [0.5, 0.6) is 0 Å². The lowest BCUT2D eigenvalue weighted by Crippen LogP contribution is -2.37. The number of halogens is 1. The van der Waals surface area contributed by atoms with Gasteiger partial charge in [-0.3, -0.25) is 5.10 Å². The van der Waals surface area contributed by atoms with Crippen molar-refractivity contribution in [3.63, 3.8) is 0 Å². The molecule has 0 fully saturated rings. The van der Waals surface area contributed by atoms with Gasteiger partial charge in [-0.1, -0.05) is 49.7 Å².